The summed E-state index contributed by atoms with van der Waals surface area (Å²) >= 11 is 0. The van der Waals surface area contributed by atoms with Crippen molar-refractivity contribution in [3.63, 3.8) is 0 Å². The molecule has 1 N–H and O–H groups in total. The Labute approximate surface area is 124 Å². The monoisotopic (exact) mass is 275 g/mol. The van der Waals surface area contributed by atoms with Gasteiger partial charge >= 0.3 is 0 Å². The second-order valence-electron chi connectivity index (χ2n) is 5.78. The minimum atomic E-state index is -0.366. The van der Waals surface area contributed by atoms with Gasteiger partial charge in [-0.15, -0.1) is 0 Å². The first kappa shape index (κ1) is 16.9. The molecule has 2 atom stereocenters. The van der Waals surface area contributed by atoms with E-state index in [1.165, 1.54) is 19.3 Å². The van der Waals surface area contributed by atoms with Crippen molar-refractivity contribution in [2.24, 2.45) is 5.92 Å². The molecule has 0 aliphatic carbocycles. The highest BCUT2D eigenvalue weighted by Gasteiger charge is 2.17. The molecule has 1 aromatic rings. The summed E-state index contributed by atoms with van der Waals surface area (Å²) in [6.07, 6.45) is 8.36. The molecule has 0 saturated carbocycles. The number of aliphatic hydroxyl groups excluding tert-OH is 1. The number of benzene rings is 1. The van der Waals surface area contributed by atoms with E-state index in [-0.39, 0.29) is 6.10 Å². The van der Waals surface area contributed by atoms with Crippen LogP contribution in [0.2, 0.25) is 0 Å². The number of unbranched alkanes of at least 4 members (excludes halogenated alkanes) is 2. The van der Waals surface area contributed by atoms with Crippen LogP contribution in [-0.4, -0.2) is 36.8 Å². The minimum absolute atomic E-state index is 0.316. The summed E-state index contributed by atoms with van der Waals surface area (Å²) in [5, 5.41) is 10.4. The van der Waals surface area contributed by atoms with Crippen LogP contribution in [0.5, 0.6) is 0 Å². The number of hydrogen-bond donors (Lipinski definition) is 1. The maximum Gasteiger partial charge on any atom is 0.0764 e. The lowest BCUT2D eigenvalue weighted by molar-refractivity contribution is 0.122. The third kappa shape index (κ3) is 6.88. The molecule has 0 radical (unpaired) electrons. The van der Waals surface area contributed by atoms with Crippen molar-refractivity contribution in [1.82, 2.24) is 4.90 Å². The zero-order valence-corrected chi connectivity index (χ0v) is 13.1. The molecular formula is C18H29NO. The Balaban J connectivity index is 2.57. The lowest BCUT2D eigenvalue weighted by Crippen LogP contribution is -2.30. The van der Waals surface area contributed by atoms with Crippen molar-refractivity contribution in [3.8, 4) is 0 Å². The summed E-state index contributed by atoms with van der Waals surface area (Å²) in [6, 6.07) is 10.2. The van der Waals surface area contributed by atoms with E-state index in [9.17, 15) is 5.11 Å². The fraction of sp³-hybridized carbons (Fsp3) is 0.556. The van der Waals surface area contributed by atoms with E-state index in [2.05, 4.69) is 38.1 Å². The van der Waals surface area contributed by atoms with Crippen molar-refractivity contribution in [1.29, 1.82) is 0 Å². The Hall–Kier alpha value is -1.12. The molecule has 0 saturated heterocycles. The van der Waals surface area contributed by atoms with E-state index < -0.39 is 0 Å². The highest BCUT2D eigenvalue weighted by atomic mass is 16.3. The minimum Gasteiger partial charge on any atom is -0.389 e. The fourth-order valence-electron chi connectivity index (χ4n) is 2.43. The van der Waals surface area contributed by atoms with Crippen molar-refractivity contribution in [2.45, 2.75) is 38.7 Å². The van der Waals surface area contributed by atoms with Crippen LogP contribution in [0.4, 0.5) is 0 Å². The van der Waals surface area contributed by atoms with Crippen LogP contribution in [0.15, 0.2) is 36.4 Å². The Bertz CT molecular complexity index is 372. The number of aliphatic hydroxyl groups is 1. The van der Waals surface area contributed by atoms with Crippen LogP contribution in [0.1, 0.15) is 38.2 Å². The van der Waals surface area contributed by atoms with Gasteiger partial charge in [-0.2, -0.15) is 0 Å². The van der Waals surface area contributed by atoms with Crippen LogP contribution in [0.25, 0.3) is 6.08 Å². The normalized spacial score (nSPS) is 14.8. The van der Waals surface area contributed by atoms with E-state index in [0.29, 0.717) is 5.92 Å². The first-order valence-electron chi connectivity index (χ1n) is 7.69. The number of hydrogen-bond acceptors (Lipinski definition) is 2. The van der Waals surface area contributed by atoms with Gasteiger partial charge in [-0.25, -0.2) is 0 Å². The molecule has 0 bridgehead atoms. The van der Waals surface area contributed by atoms with Crippen LogP contribution >= 0.6 is 0 Å². The Kier molecular flexibility index (Phi) is 8.24. The highest BCUT2D eigenvalue weighted by molar-refractivity contribution is 5.49. The van der Waals surface area contributed by atoms with Gasteiger partial charge in [0, 0.05) is 12.5 Å². The van der Waals surface area contributed by atoms with Crippen LogP contribution in [0.3, 0.4) is 0 Å². The van der Waals surface area contributed by atoms with Gasteiger partial charge in [0.05, 0.1) is 6.10 Å². The third-order valence-corrected chi connectivity index (χ3v) is 3.55. The smallest absolute Gasteiger partial charge is 0.0764 e. The molecule has 1 aromatic carbocycles. The van der Waals surface area contributed by atoms with Gasteiger partial charge in [0.25, 0.3) is 0 Å². The molecular weight excluding hydrogens is 246 g/mol. The quantitative estimate of drug-likeness (QED) is 0.693. The molecule has 0 aromatic heterocycles. The molecule has 0 amide bonds. The van der Waals surface area contributed by atoms with Gasteiger partial charge < -0.3 is 10.0 Å². The Morgan fingerprint density at radius 3 is 2.45 bits per heavy atom. The van der Waals surface area contributed by atoms with Gasteiger partial charge in [-0.05, 0) is 26.1 Å². The Morgan fingerprint density at radius 1 is 1.15 bits per heavy atom. The zero-order chi connectivity index (χ0) is 14.8. The predicted molar refractivity (Wildman–Crippen MR) is 87.7 cm³/mol. The van der Waals surface area contributed by atoms with Gasteiger partial charge in [0.15, 0.2) is 0 Å². The van der Waals surface area contributed by atoms with Crippen molar-refractivity contribution >= 4 is 6.08 Å². The number of rotatable bonds is 9. The standard InChI is InChI=1S/C18H29NO/c1-4-5-7-12-17(15-19(2)3)18(20)14-13-16-10-8-6-9-11-16/h6,8-11,13-14,17-18,20H,4-5,7,12,15H2,1-3H3/b14-13-/t17-,18-/m1/s1. The zero-order valence-electron chi connectivity index (χ0n) is 13.1. The summed E-state index contributed by atoms with van der Waals surface area (Å²) in [7, 11) is 4.14. The average molecular weight is 275 g/mol. The van der Waals surface area contributed by atoms with Crippen LogP contribution < -0.4 is 0 Å². The second-order valence-corrected chi connectivity index (χ2v) is 5.78. The van der Waals surface area contributed by atoms with Gasteiger partial charge in [0.2, 0.25) is 0 Å². The lowest BCUT2D eigenvalue weighted by Gasteiger charge is -2.24. The third-order valence-electron chi connectivity index (χ3n) is 3.55. The molecule has 0 spiro atoms. The summed E-state index contributed by atoms with van der Waals surface area (Å²) in [6.45, 7) is 3.15. The van der Waals surface area contributed by atoms with Crippen LogP contribution in [0, 0.1) is 5.92 Å². The summed E-state index contributed by atoms with van der Waals surface area (Å²) in [4.78, 5) is 2.16. The topological polar surface area (TPSA) is 23.5 Å². The van der Waals surface area contributed by atoms with Gasteiger partial charge in [-0.3, -0.25) is 0 Å². The molecule has 112 valence electrons. The van der Waals surface area contributed by atoms with E-state index in [1.54, 1.807) is 0 Å². The second kappa shape index (κ2) is 9.73. The maximum atomic E-state index is 10.4. The first-order valence-corrected chi connectivity index (χ1v) is 7.69. The molecule has 0 fully saturated rings. The molecule has 0 aliphatic rings. The number of nitrogens with zero attached hydrogens (tertiary/aromatic N) is 1. The van der Waals surface area contributed by atoms with Crippen LogP contribution in [-0.2, 0) is 0 Å². The summed E-state index contributed by atoms with van der Waals surface area (Å²) < 4.78 is 0. The van der Waals surface area contributed by atoms with E-state index >= 15 is 0 Å². The largest absolute Gasteiger partial charge is 0.389 e. The molecule has 0 heterocycles. The van der Waals surface area contributed by atoms with E-state index in [4.69, 9.17) is 0 Å². The summed E-state index contributed by atoms with van der Waals surface area (Å²) in [5.74, 6) is 0.316. The van der Waals surface area contributed by atoms with E-state index in [0.717, 1.165) is 18.5 Å². The Morgan fingerprint density at radius 2 is 1.85 bits per heavy atom. The molecule has 0 aliphatic heterocycles. The van der Waals surface area contributed by atoms with Gasteiger partial charge in [0.1, 0.15) is 0 Å². The van der Waals surface area contributed by atoms with Crippen molar-refractivity contribution < 1.29 is 5.11 Å². The van der Waals surface area contributed by atoms with Crippen molar-refractivity contribution in [3.05, 3.63) is 42.0 Å². The van der Waals surface area contributed by atoms with Crippen molar-refractivity contribution in [2.75, 3.05) is 20.6 Å². The highest BCUT2D eigenvalue weighted by Crippen LogP contribution is 2.17. The SMILES string of the molecule is CCCCC[C@H](CN(C)C)[C@H](O)/C=C\c1ccccc1. The molecule has 2 heteroatoms. The van der Waals surface area contributed by atoms with E-state index in [1.807, 2.05) is 30.4 Å². The molecule has 0 unspecified atom stereocenters. The maximum absolute atomic E-state index is 10.4. The fourth-order valence-corrected chi connectivity index (χ4v) is 2.43. The van der Waals surface area contributed by atoms with Gasteiger partial charge in [-0.1, -0.05) is 68.7 Å². The lowest BCUT2D eigenvalue weighted by atomic mass is 9.94. The molecule has 2 nitrogen and oxygen atoms in total. The molecule has 1 rings (SSSR count). The molecule has 20 heavy (non-hydrogen) atoms. The summed E-state index contributed by atoms with van der Waals surface area (Å²) in [5.41, 5.74) is 1.14. The average Bonchev–Trinajstić information content (AvgIpc) is 2.44. The first-order chi connectivity index (χ1) is 9.63. The predicted octanol–water partition coefficient (Wildman–Crippen LogP) is 3.82.